The van der Waals surface area contributed by atoms with Crippen molar-refractivity contribution < 1.29 is 13.9 Å². The summed E-state index contributed by atoms with van der Waals surface area (Å²) in [6, 6.07) is 16.8. The van der Waals surface area contributed by atoms with E-state index in [2.05, 4.69) is 15.5 Å². The topological polar surface area (TPSA) is 77.2 Å². The molecule has 1 fully saturated rings. The lowest BCUT2D eigenvalue weighted by atomic mass is 10.1. The van der Waals surface area contributed by atoms with Crippen molar-refractivity contribution in [3.05, 3.63) is 66.1 Å². The number of carbonyl (C=O) groups is 1. The van der Waals surface area contributed by atoms with Gasteiger partial charge in [0.05, 0.1) is 7.11 Å². The number of hydrogen-bond acceptors (Lipinski definition) is 6. The smallest absolute Gasteiger partial charge is 0.277 e. The van der Waals surface area contributed by atoms with Crippen molar-refractivity contribution in [3.63, 3.8) is 0 Å². The van der Waals surface area contributed by atoms with E-state index in [-0.39, 0.29) is 5.91 Å². The Morgan fingerprint density at radius 3 is 2.74 bits per heavy atom. The standard InChI is InChI=1S/C20H19N3O3S/c1-25-16-9-5-8-15(12-16)21-18(24)17(13-6-3-2-4-7-13)27-20-23-22-19(26-20)14-10-11-14/h2-9,12,14,17H,10-11H2,1H3,(H,21,24)/t17-/m0/s1. The fourth-order valence-corrected chi connectivity index (χ4v) is 3.56. The predicted octanol–water partition coefficient (Wildman–Crippen LogP) is 4.43. The molecule has 0 spiro atoms. The van der Waals surface area contributed by atoms with Crippen LogP contribution in [0.3, 0.4) is 0 Å². The lowest BCUT2D eigenvalue weighted by molar-refractivity contribution is -0.115. The number of carbonyl (C=O) groups excluding carboxylic acids is 1. The molecule has 0 unspecified atom stereocenters. The minimum atomic E-state index is -0.509. The Morgan fingerprint density at radius 1 is 1.19 bits per heavy atom. The molecule has 1 aliphatic rings. The molecule has 1 N–H and O–H groups in total. The van der Waals surface area contributed by atoms with E-state index in [1.807, 2.05) is 48.5 Å². The molecule has 27 heavy (non-hydrogen) atoms. The van der Waals surface area contributed by atoms with Gasteiger partial charge in [0.15, 0.2) is 0 Å². The summed E-state index contributed by atoms with van der Waals surface area (Å²) in [5.41, 5.74) is 1.54. The third-order valence-electron chi connectivity index (χ3n) is 4.25. The number of benzene rings is 2. The third kappa shape index (κ3) is 4.31. The van der Waals surface area contributed by atoms with Crippen LogP contribution in [-0.4, -0.2) is 23.2 Å². The second-order valence-electron chi connectivity index (χ2n) is 6.31. The molecule has 138 valence electrons. The van der Waals surface area contributed by atoms with Gasteiger partial charge in [0.2, 0.25) is 11.8 Å². The molecular formula is C20H19N3O3S. The van der Waals surface area contributed by atoms with Crippen LogP contribution in [0.15, 0.2) is 64.2 Å². The van der Waals surface area contributed by atoms with E-state index < -0.39 is 5.25 Å². The first kappa shape index (κ1) is 17.6. The maximum Gasteiger partial charge on any atom is 0.277 e. The molecule has 1 amide bonds. The van der Waals surface area contributed by atoms with Crippen LogP contribution in [0, 0.1) is 0 Å². The number of hydrogen-bond donors (Lipinski definition) is 1. The molecule has 2 aromatic carbocycles. The van der Waals surface area contributed by atoms with Gasteiger partial charge in [-0.25, -0.2) is 0 Å². The van der Waals surface area contributed by atoms with Crippen LogP contribution in [0.1, 0.15) is 35.5 Å². The Labute approximate surface area is 161 Å². The summed E-state index contributed by atoms with van der Waals surface area (Å²) in [6.45, 7) is 0. The van der Waals surface area contributed by atoms with Crippen molar-refractivity contribution in [3.8, 4) is 5.75 Å². The van der Waals surface area contributed by atoms with Crippen LogP contribution in [0.25, 0.3) is 0 Å². The molecule has 1 aliphatic carbocycles. The number of nitrogens with zero attached hydrogens (tertiary/aromatic N) is 2. The summed E-state index contributed by atoms with van der Waals surface area (Å²) in [5, 5.41) is 11.1. The average Bonchev–Trinajstić information content (AvgIpc) is 3.45. The van der Waals surface area contributed by atoms with Crippen LogP contribution >= 0.6 is 11.8 Å². The highest BCUT2D eigenvalue weighted by Crippen LogP contribution is 2.42. The molecule has 0 bridgehead atoms. The first-order chi connectivity index (χ1) is 13.2. The Bertz CT molecular complexity index is 925. The number of rotatable bonds is 7. The quantitative estimate of drug-likeness (QED) is 0.610. The predicted molar refractivity (Wildman–Crippen MR) is 103 cm³/mol. The fourth-order valence-electron chi connectivity index (χ4n) is 2.67. The van der Waals surface area contributed by atoms with Gasteiger partial charge in [-0.05, 0) is 42.3 Å². The molecule has 4 rings (SSSR count). The van der Waals surface area contributed by atoms with E-state index in [0.29, 0.717) is 28.5 Å². The third-order valence-corrected chi connectivity index (χ3v) is 5.33. The Kier molecular flexibility index (Phi) is 5.11. The van der Waals surface area contributed by atoms with Crippen LogP contribution in [-0.2, 0) is 4.79 Å². The van der Waals surface area contributed by atoms with E-state index in [9.17, 15) is 4.79 Å². The minimum Gasteiger partial charge on any atom is -0.497 e. The van der Waals surface area contributed by atoms with Crippen LogP contribution < -0.4 is 10.1 Å². The van der Waals surface area contributed by atoms with Gasteiger partial charge < -0.3 is 14.5 Å². The molecule has 1 saturated carbocycles. The number of amides is 1. The second kappa shape index (κ2) is 7.84. The fraction of sp³-hybridized carbons (Fsp3) is 0.250. The number of methoxy groups -OCH3 is 1. The summed E-state index contributed by atoms with van der Waals surface area (Å²) in [4.78, 5) is 13.0. The Morgan fingerprint density at radius 2 is 2.00 bits per heavy atom. The zero-order chi connectivity index (χ0) is 18.6. The van der Waals surface area contributed by atoms with Gasteiger partial charge in [-0.1, -0.05) is 36.4 Å². The van der Waals surface area contributed by atoms with Gasteiger partial charge in [-0.2, -0.15) is 0 Å². The summed E-state index contributed by atoms with van der Waals surface area (Å²) < 4.78 is 11.0. The molecule has 0 saturated heterocycles. The Balaban J connectivity index is 1.55. The molecule has 1 heterocycles. The first-order valence-corrected chi connectivity index (χ1v) is 9.61. The zero-order valence-electron chi connectivity index (χ0n) is 14.8. The molecular weight excluding hydrogens is 362 g/mol. The number of thioether (sulfide) groups is 1. The first-order valence-electron chi connectivity index (χ1n) is 8.73. The summed E-state index contributed by atoms with van der Waals surface area (Å²) in [6.07, 6.45) is 2.18. The van der Waals surface area contributed by atoms with Crippen LogP contribution in [0.5, 0.6) is 5.75 Å². The van der Waals surface area contributed by atoms with E-state index in [1.165, 1.54) is 11.8 Å². The number of aromatic nitrogens is 2. The minimum absolute atomic E-state index is 0.161. The normalized spacial score (nSPS) is 14.6. The van der Waals surface area contributed by atoms with Crippen LogP contribution in [0.2, 0.25) is 0 Å². The highest BCUT2D eigenvalue weighted by molar-refractivity contribution is 8.00. The molecule has 1 aromatic heterocycles. The molecule has 0 radical (unpaired) electrons. The highest BCUT2D eigenvalue weighted by Gasteiger charge is 2.31. The van der Waals surface area contributed by atoms with Gasteiger partial charge in [0.1, 0.15) is 11.0 Å². The molecule has 6 nitrogen and oxygen atoms in total. The summed E-state index contributed by atoms with van der Waals surface area (Å²) in [7, 11) is 1.59. The number of nitrogens with one attached hydrogen (secondary N) is 1. The largest absolute Gasteiger partial charge is 0.497 e. The number of anilines is 1. The van der Waals surface area contributed by atoms with E-state index in [0.717, 1.165) is 18.4 Å². The monoisotopic (exact) mass is 381 g/mol. The SMILES string of the molecule is COc1cccc(NC(=O)[C@@H](Sc2nnc(C3CC3)o2)c2ccccc2)c1. The average molecular weight is 381 g/mol. The lowest BCUT2D eigenvalue weighted by Gasteiger charge is -2.15. The van der Waals surface area contributed by atoms with Crippen molar-refractivity contribution in [1.82, 2.24) is 10.2 Å². The zero-order valence-corrected chi connectivity index (χ0v) is 15.6. The van der Waals surface area contributed by atoms with E-state index in [1.54, 1.807) is 13.2 Å². The van der Waals surface area contributed by atoms with Crippen molar-refractivity contribution in [2.75, 3.05) is 12.4 Å². The summed E-state index contributed by atoms with van der Waals surface area (Å²) in [5.74, 6) is 1.57. The molecule has 7 heteroatoms. The van der Waals surface area contributed by atoms with Crippen molar-refractivity contribution in [2.45, 2.75) is 29.2 Å². The van der Waals surface area contributed by atoms with E-state index in [4.69, 9.17) is 9.15 Å². The molecule has 1 atom stereocenters. The van der Waals surface area contributed by atoms with Gasteiger partial charge in [-0.3, -0.25) is 4.79 Å². The lowest BCUT2D eigenvalue weighted by Crippen LogP contribution is -2.19. The van der Waals surface area contributed by atoms with Crippen molar-refractivity contribution >= 4 is 23.4 Å². The van der Waals surface area contributed by atoms with Gasteiger partial charge in [-0.15, -0.1) is 10.2 Å². The molecule has 0 aliphatic heterocycles. The van der Waals surface area contributed by atoms with E-state index >= 15 is 0 Å². The van der Waals surface area contributed by atoms with Gasteiger partial charge in [0, 0.05) is 17.7 Å². The Hall–Kier alpha value is -2.80. The molecule has 3 aromatic rings. The summed E-state index contributed by atoms with van der Waals surface area (Å²) >= 11 is 1.26. The second-order valence-corrected chi connectivity index (χ2v) is 7.37. The number of ether oxygens (including phenoxy) is 1. The van der Waals surface area contributed by atoms with Crippen LogP contribution in [0.4, 0.5) is 5.69 Å². The maximum absolute atomic E-state index is 13.0. The van der Waals surface area contributed by atoms with Gasteiger partial charge in [0.25, 0.3) is 5.22 Å². The van der Waals surface area contributed by atoms with Crippen molar-refractivity contribution in [2.24, 2.45) is 0 Å². The van der Waals surface area contributed by atoms with Gasteiger partial charge >= 0.3 is 0 Å². The maximum atomic E-state index is 13.0. The van der Waals surface area contributed by atoms with Crippen molar-refractivity contribution in [1.29, 1.82) is 0 Å². The highest BCUT2D eigenvalue weighted by atomic mass is 32.2.